The van der Waals surface area contributed by atoms with Crippen LogP contribution in [-0.2, 0) is 37.0 Å². The van der Waals surface area contributed by atoms with Gasteiger partial charge in [-0.25, -0.2) is 15.2 Å². The van der Waals surface area contributed by atoms with Crippen LogP contribution in [0.5, 0.6) is 0 Å². The zero-order valence-electron chi connectivity index (χ0n) is 21.8. The van der Waals surface area contributed by atoms with E-state index in [0.717, 1.165) is 10.6 Å². The lowest BCUT2D eigenvalue weighted by Gasteiger charge is -2.27. The molecule has 0 spiro atoms. The van der Waals surface area contributed by atoms with Gasteiger partial charge < -0.3 is 19.1 Å². The molecule has 2 amide bonds. The molecule has 39 heavy (non-hydrogen) atoms. The van der Waals surface area contributed by atoms with Crippen LogP contribution in [0.1, 0.15) is 33.3 Å². The van der Waals surface area contributed by atoms with Gasteiger partial charge in [0.2, 0.25) is 5.95 Å². The molecule has 15 nitrogen and oxygen atoms in total. The van der Waals surface area contributed by atoms with Gasteiger partial charge in [0, 0.05) is 0 Å². The number of hydrogen-bond donors (Lipinski definition) is 4. The zero-order chi connectivity index (χ0) is 28.7. The van der Waals surface area contributed by atoms with Gasteiger partial charge in [0.15, 0.2) is 11.2 Å². The topological polar surface area (TPSA) is 198 Å². The van der Waals surface area contributed by atoms with E-state index in [-0.39, 0.29) is 23.7 Å². The Bertz CT molecular complexity index is 1410. The number of anilines is 1. The zero-order valence-corrected chi connectivity index (χ0v) is 21.8. The Labute approximate surface area is 222 Å². The number of aromatic nitrogens is 4. The largest absolute Gasteiger partial charge is 0.480 e. The van der Waals surface area contributed by atoms with E-state index in [2.05, 4.69) is 25.7 Å². The molecule has 3 rings (SSSR count). The monoisotopic (exact) mass is 543 g/mol. The summed E-state index contributed by atoms with van der Waals surface area (Å²) in [6, 6.07) is 7.89. The summed E-state index contributed by atoms with van der Waals surface area (Å²) in [7, 11) is 0. The maximum absolute atomic E-state index is 13.0. The average Bonchev–Trinajstić information content (AvgIpc) is 3.24. The predicted molar refractivity (Wildman–Crippen MR) is 136 cm³/mol. The number of carboxylic acid groups (broad SMARTS) is 1. The van der Waals surface area contributed by atoms with Gasteiger partial charge in [-0.05, 0) is 33.3 Å². The molecule has 0 aliphatic carbocycles. The van der Waals surface area contributed by atoms with Crippen molar-refractivity contribution in [2.75, 3.05) is 11.9 Å². The lowest BCUT2D eigenvalue weighted by Crippen LogP contribution is -2.53. The Morgan fingerprint density at radius 2 is 1.87 bits per heavy atom. The summed E-state index contributed by atoms with van der Waals surface area (Å²) in [5.74, 6) is -3.05. The quantitative estimate of drug-likeness (QED) is 0.210. The minimum Gasteiger partial charge on any atom is -0.480 e. The molecule has 0 aliphatic rings. The molecule has 3 aromatic rings. The van der Waals surface area contributed by atoms with Crippen molar-refractivity contribution in [1.82, 2.24) is 30.0 Å². The van der Waals surface area contributed by atoms with Crippen LogP contribution in [0.2, 0.25) is 0 Å². The van der Waals surface area contributed by atoms with E-state index < -0.39 is 54.2 Å². The van der Waals surface area contributed by atoms with Crippen molar-refractivity contribution in [3.63, 3.8) is 0 Å². The average molecular weight is 544 g/mol. The van der Waals surface area contributed by atoms with Crippen molar-refractivity contribution in [2.24, 2.45) is 0 Å². The number of amides is 2. The molecule has 1 aromatic carbocycles. The second kappa shape index (κ2) is 12.2. The molecule has 0 saturated heterocycles. The highest BCUT2D eigenvalue weighted by molar-refractivity contribution is 5.85. The van der Waals surface area contributed by atoms with E-state index in [0.29, 0.717) is 0 Å². The van der Waals surface area contributed by atoms with Crippen molar-refractivity contribution in [1.29, 1.82) is 0 Å². The Hall–Kier alpha value is -4.79. The van der Waals surface area contributed by atoms with E-state index in [1.165, 1.54) is 17.8 Å². The number of nitrogens with one attached hydrogen (secondary N) is 3. The predicted octanol–water partition coefficient (Wildman–Crippen LogP) is 1.02. The number of fused-ring (bicyclic) bond motifs is 1. The molecular formula is C24H29N7O8. The molecule has 2 aromatic heterocycles. The normalized spacial score (nSPS) is 12.0. The van der Waals surface area contributed by atoms with Gasteiger partial charge in [-0.1, -0.05) is 30.3 Å². The first-order valence-electron chi connectivity index (χ1n) is 11.8. The smallest absolute Gasteiger partial charge is 0.414 e. The van der Waals surface area contributed by atoms with Crippen LogP contribution in [-0.4, -0.2) is 71.8 Å². The van der Waals surface area contributed by atoms with Crippen LogP contribution < -0.4 is 16.3 Å². The molecule has 1 atom stereocenters. The van der Waals surface area contributed by atoms with Gasteiger partial charge in [-0.15, -0.1) is 0 Å². The third-order valence-electron chi connectivity index (χ3n) is 4.92. The fourth-order valence-corrected chi connectivity index (χ4v) is 3.23. The summed E-state index contributed by atoms with van der Waals surface area (Å²) in [4.78, 5) is 71.8. The first-order chi connectivity index (χ1) is 18.3. The standard InChI is InChI=1S/C24H29N7O8/c1-14(21(36)39-24(2,3)4)29-31(11-17(33)34)16(32)10-30-13-25-18-19(30)26-22(27-20(18)35)28-23(37)38-12-15-8-6-5-7-9-15/h5-9,13-14,29H,10-12H2,1-4H3,(H,33,34)(H2,26,27,28,35,37). The Morgan fingerprint density at radius 3 is 2.51 bits per heavy atom. The number of hydrogen-bond acceptors (Lipinski definition) is 10. The van der Waals surface area contributed by atoms with E-state index >= 15 is 0 Å². The lowest BCUT2D eigenvalue weighted by molar-refractivity contribution is -0.161. The number of ether oxygens (including phenoxy) is 2. The number of carbonyl (C=O) groups is 4. The Balaban J connectivity index is 1.74. The van der Waals surface area contributed by atoms with E-state index in [1.807, 2.05) is 6.07 Å². The van der Waals surface area contributed by atoms with E-state index in [4.69, 9.17) is 9.47 Å². The van der Waals surface area contributed by atoms with Crippen LogP contribution in [0.4, 0.5) is 10.7 Å². The maximum atomic E-state index is 13.0. The fraction of sp³-hybridized carbons (Fsp3) is 0.375. The number of aromatic amines is 1. The third kappa shape index (κ3) is 8.36. The molecule has 0 bridgehead atoms. The van der Waals surface area contributed by atoms with Gasteiger partial charge in [0.1, 0.15) is 31.3 Å². The van der Waals surface area contributed by atoms with Gasteiger partial charge in [0.25, 0.3) is 11.5 Å². The van der Waals surface area contributed by atoms with Crippen LogP contribution in [0.3, 0.4) is 0 Å². The highest BCUT2D eigenvalue weighted by Gasteiger charge is 2.27. The van der Waals surface area contributed by atoms with Crippen molar-refractivity contribution in [3.05, 3.63) is 52.6 Å². The third-order valence-corrected chi connectivity index (χ3v) is 4.92. The van der Waals surface area contributed by atoms with Crippen LogP contribution in [0.25, 0.3) is 11.2 Å². The van der Waals surface area contributed by atoms with Gasteiger partial charge in [-0.3, -0.25) is 34.5 Å². The summed E-state index contributed by atoms with van der Waals surface area (Å²) < 4.78 is 11.6. The number of rotatable bonds is 10. The molecule has 1 unspecified atom stereocenters. The highest BCUT2D eigenvalue weighted by Crippen LogP contribution is 2.11. The summed E-state index contributed by atoms with van der Waals surface area (Å²) in [5.41, 5.74) is 1.64. The number of hydrazine groups is 1. The number of carboxylic acids is 1. The van der Waals surface area contributed by atoms with Crippen LogP contribution in [0.15, 0.2) is 41.5 Å². The van der Waals surface area contributed by atoms with E-state index in [9.17, 15) is 29.1 Å². The fourth-order valence-electron chi connectivity index (χ4n) is 3.23. The maximum Gasteiger partial charge on any atom is 0.414 e. The molecule has 15 heteroatoms. The van der Waals surface area contributed by atoms with Crippen molar-refractivity contribution in [3.8, 4) is 0 Å². The van der Waals surface area contributed by atoms with Gasteiger partial charge in [-0.2, -0.15) is 4.98 Å². The van der Waals surface area contributed by atoms with Gasteiger partial charge >= 0.3 is 18.0 Å². The molecule has 0 fully saturated rings. The number of aliphatic carboxylic acids is 1. The SMILES string of the molecule is CC(NN(CC(=O)O)C(=O)Cn1cnc2c(=O)[nH]c(NC(=O)OCc3ccccc3)nc21)C(=O)OC(C)(C)C. The Morgan fingerprint density at radius 1 is 1.18 bits per heavy atom. The number of benzene rings is 1. The molecule has 2 heterocycles. The molecule has 0 aliphatic heterocycles. The first kappa shape index (κ1) is 28.8. The summed E-state index contributed by atoms with van der Waals surface area (Å²) in [6.45, 7) is 5.14. The van der Waals surface area contributed by atoms with Crippen molar-refractivity contribution in [2.45, 2.75) is 52.5 Å². The summed E-state index contributed by atoms with van der Waals surface area (Å²) in [6.07, 6.45) is 0.287. The first-order valence-corrected chi connectivity index (χ1v) is 11.8. The Kier molecular flexibility index (Phi) is 8.98. The minimum atomic E-state index is -1.34. The number of esters is 1. The number of carbonyl (C=O) groups excluding carboxylic acids is 3. The molecule has 208 valence electrons. The summed E-state index contributed by atoms with van der Waals surface area (Å²) in [5, 5.41) is 12.3. The molecular weight excluding hydrogens is 514 g/mol. The van der Waals surface area contributed by atoms with Crippen molar-refractivity contribution >= 4 is 41.1 Å². The van der Waals surface area contributed by atoms with Crippen LogP contribution >= 0.6 is 0 Å². The molecule has 0 saturated carbocycles. The van der Waals surface area contributed by atoms with E-state index in [1.54, 1.807) is 45.0 Å². The van der Waals surface area contributed by atoms with Gasteiger partial charge in [0.05, 0.1) is 6.33 Å². The van der Waals surface area contributed by atoms with Crippen LogP contribution in [0, 0.1) is 0 Å². The molecule has 0 radical (unpaired) electrons. The van der Waals surface area contributed by atoms with Crippen molar-refractivity contribution < 1.29 is 33.8 Å². The number of imidazole rings is 1. The number of H-pyrrole nitrogens is 1. The lowest BCUT2D eigenvalue weighted by atomic mass is 10.2. The number of nitrogens with zero attached hydrogens (tertiary/aromatic N) is 4. The minimum absolute atomic E-state index is 0.0142. The highest BCUT2D eigenvalue weighted by atomic mass is 16.6. The second-order valence-corrected chi connectivity index (χ2v) is 9.40. The summed E-state index contributed by atoms with van der Waals surface area (Å²) >= 11 is 0. The second-order valence-electron chi connectivity index (χ2n) is 9.40. The molecule has 4 N–H and O–H groups in total.